The second kappa shape index (κ2) is 9.57. The maximum Gasteiger partial charge on any atom is 0.274 e. The number of nitrogens with zero attached hydrogens (tertiary/aromatic N) is 4. The van der Waals surface area contributed by atoms with Crippen LogP contribution in [0.3, 0.4) is 0 Å². The van der Waals surface area contributed by atoms with Gasteiger partial charge in [0.1, 0.15) is 5.69 Å². The number of likely N-dealkylation sites (tertiary alicyclic amines) is 1. The van der Waals surface area contributed by atoms with Gasteiger partial charge in [-0.2, -0.15) is 5.10 Å². The van der Waals surface area contributed by atoms with E-state index in [9.17, 15) is 9.59 Å². The predicted molar refractivity (Wildman–Crippen MR) is 127 cm³/mol. The molecule has 7 nitrogen and oxygen atoms in total. The minimum Gasteiger partial charge on any atom is -0.355 e. The van der Waals surface area contributed by atoms with Crippen LogP contribution in [-0.4, -0.2) is 51.1 Å². The summed E-state index contributed by atoms with van der Waals surface area (Å²) in [6.07, 6.45) is 6.52. The zero-order chi connectivity index (χ0) is 23.4. The van der Waals surface area contributed by atoms with Crippen molar-refractivity contribution in [2.45, 2.75) is 26.7 Å². The summed E-state index contributed by atoms with van der Waals surface area (Å²) in [5, 5.41) is 7.40. The lowest BCUT2D eigenvalue weighted by Gasteiger charge is -2.29. The monoisotopic (exact) mass is 445 g/mol. The van der Waals surface area contributed by atoms with Crippen molar-refractivity contribution in [3.05, 3.63) is 72.3 Å². The van der Waals surface area contributed by atoms with Gasteiger partial charge in [0, 0.05) is 50.8 Å². The van der Waals surface area contributed by atoms with Crippen LogP contribution in [0.25, 0.3) is 11.1 Å². The summed E-state index contributed by atoms with van der Waals surface area (Å²) < 4.78 is 1.62. The average molecular weight is 446 g/mol. The van der Waals surface area contributed by atoms with Crippen molar-refractivity contribution < 1.29 is 9.59 Å². The minimum absolute atomic E-state index is 0.00788. The van der Waals surface area contributed by atoms with Gasteiger partial charge in [0.15, 0.2) is 0 Å². The van der Waals surface area contributed by atoms with Gasteiger partial charge < -0.3 is 10.2 Å². The lowest BCUT2D eigenvalue weighted by atomic mass is 9.78. The van der Waals surface area contributed by atoms with Crippen molar-refractivity contribution in [1.82, 2.24) is 25.0 Å². The van der Waals surface area contributed by atoms with Crippen molar-refractivity contribution in [2.75, 3.05) is 19.6 Å². The number of nitrogens with one attached hydrogen (secondary N) is 1. The van der Waals surface area contributed by atoms with E-state index in [1.807, 2.05) is 30.5 Å². The Hall–Kier alpha value is -3.48. The highest BCUT2D eigenvalue weighted by molar-refractivity contribution is 5.94. The Morgan fingerprint density at radius 3 is 2.67 bits per heavy atom. The normalized spacial score (nSPS) is 18.0. The molecule has 1 unspecified atom stereocenters. The first-order chi connectivity index (χ1) is 15.9. The van der Waals surface area contributed by atoms with Gasteiger partial charge in [0.2, 0.25) is 5.91 Å². The van der Waals surface area contributed by atoms with Crippen LogP contribution in [0.5, 0.6) is 0 Å². The van der Waals surface area contributed by atoms with Crippen LogP contribution in [0.4, 0.5) is 0 Å². The van der Waals surface area contributed by atoms with Gasteiger partial charge in [-0.05, 0) is 42.0 Å². The number of benzene rings is 1. The molecule has 7 heteroatoms. The molecule has 0 bridgehead atoms. The fourth-order valence-electron chi connectivity index (χ4n) is 4.47. The van der Waals surface area contributed by atoms with Crippen molar-refractivity contribution >= 4 is 11.8 Å². The molecule has 0 aliphatic carbocycles. The highest BCUT2D eigenvalue weighted by atomic mass is 16.2. The standard InChI is InChI=1S/C26H31N5O2/c1-19(2)16-28-25(33)26(11-14-31(18-26)24(32)23-10-13-30(3)29-23)15-20-7-4-5-9-22(20)21-8-6-12-27-17-21/h4-10,12-13,17,19H,11,14-16,18H2,1-3H3,(H,28,33). The predicted octanol–water partition coefficient (Wildman–Crippen LogP) is 3.33. The van der Waals surface area contributed by atoms with Gasteiger partial charge in [-0.1, -0.05) is 44.2 Å². The summed E-state index contributed by atoms with van der Waals surface area (Å²) in [6.45, 7) is 5.67. The molecule has 1 aliphatic rings. The molecule has 4 rings (SSSR count). The lowest BCUT2D eigenvalue weighted by molar-refractivity contribution is -0.130. The minimum atomic E-state index is -0.697. The van der Waals surface area contributed by atoms with Crippen LogP contribution in [0.1, 0.15) is 36.3 Å². The van der Waals surface area contributed by atoms with Crippen molar-refractivity contribution in [1.29, 1.82) is 0 Å². The highest BCUT2D eigenvalue weighted by Crippen LogP contribution is 2.38. The van der Waals surface area contributed by atoms with Crippen LogP contribution in [0.2, 0.25) is 0 Å². The van der Waals surface area contributed by atoms with E-state index in [0.717, 1.165) is 16.7 Å². The molecule has 2 aromatic heterocycles. The average Bonchev–Trinajstić information content (AvgIpc) is 3.45. The SMILES string of the molecule is CC(C)CNC(=O)C1(Cc2ccccc2-c2cccnc2)CCN(C(=O)c2ccn(C)n2)C1. The summed E-state index contributed by atoms with van der Waals surface area (Å²) >= 11 is 0. The molecule has 1 N–H and O–H groups in total. The number of hydrogen-bond donors (Lipinski definition) is 1. The third-order valence-electron chi connectivity index (χ3n) is 6.25. The number of carbonyl (C=O) groups is 2. The zero-order valence-electron chi connectivity index (χ0n) is 19.5. The molecule has 1 aromatic carbocycles. The maximum absolute atomic E-state index is 13.6. The van der Waals surface area contributed by atoms with Gasteiger partial charge in [0.05, 0.1) is 5.41 Å². The largest absolute Gasteiger partial charge is 0.355 e. The van der Waals surface area contributed by atoms with Gasteiger partial charge in [-0.15, -0.1) is 0 Å². The van der Waals surface area contributed by atoms with Crippen LogP contribution < -0.4 is 5.32 Å². The first-order valence-corrected chi connectivity index (χ1v) is 11.4. The summed E-state index contributed by atoms with van der Waals surface area (Å²) in [5.74, 6) is 0.226. The Morgan fingerprint density at radius 1 is 1.15 bits per heavy atom. The van der Waals surface area contributed by atoms with E-state index in [2.05, 4.69) is 41.4 Å². The number of carbonyl (C=O) groups excluding carboxylic acids is 2. The molecule has 2 amide bonds. The molecule has 0 saturated carbocycles. The fourth-order valence-corrected chi connectivity index (χ4v) is 4.47. The Balaban J connectivity index is 1.64. The molecule has 0 spiro atoms. The molecule has 1 aliphatic heterocycles. The van der Waals surface area contributed by atoms with Gasteiger partial charge in [-0.25, -0.2) is 0 Å². The Morgan fingerprint density at radius 2 is 1.97 bits per heavy atom. The quantitative estimate of drug-likeness (QED) is 0.605. The third-order valence-corrected chi connectivity index (χ3v) is 6.25. The number of aryl methyl sites for hydroxylation is 1. The molecular weight excluding hydrogens is 414 g/mol. The second-order valence-electron chi connectivity index (χ2n) is 9.31. The fraction of sp³-hybridized carbons (Fsp3) is 0.385. The van der Waals surface area contributed by atoms with E-state index >= 15 is 0 Å². The van der Waals surface area contributed by atoms with Gasteiger partial charge in [0.25, 0.3) is 5.91 Å². The Bertz CT molecular complexity index is 1120. The van der Waals surface area contributed by atoms with E-state index in [-0.39, 0.29) is 11.8 Å². The van der Waals surface area contributed by atoms with Crippen molar-refractivity contribution in [3.63, 3.8) is 0 Å². The van der Waals surface area contributed by atoms with Crippen LogP contribution in [-0.2, 0) is 18.3 Å². The summed E-state index contributed by atoms with van der Waals surface area (Å²) in [7, 11) is 1.79. The van der Waals surface area contributed by atoms with Crippen LogP contribution in [0.15, 0.2) is 61.1 Å². The smallest absolute Gasteiger partial charge is 0.274 e. The van der Waals surface area contributed by atoms with Crippen LogP contribution >= 0.6 is 0 Å². The third kappa shape index (κ3) is 4.97. The number of amides is 2. The Labute approximate surface area is 194 Å². The molecular formula is C26H31N5O2. The molecule has 172 valence electrons. The second-order valence-corrected chi connectivity index (χ2v) is 9.31. The van der Waals surface area contributed by atoms with E-state index in [0.29, 0.717) is 44.1 Å². The maximum atomic E-state index is 13.6. The van der Waals surface area contributed by atoms with Gasteiger partial charge >= 0.3 is 0 Å². The first-order valence-electron chi connectivity index (χ1n) is 11.4. The molecule has 1 saturated heterocycles. The Kier molecular flexibility index (Phi) is 6.58. The molecule has 0 radical (unpaired) electrons. The summed E-state index contributed by atoms with van der Waals surface area (Å²) in [6, 6.07) is 13.8. The molecule has 33 heavy (non-hydrogen) atoms. The van der Waals surface area contributed by atoms with E-state index in [1.54, 1.807) is 35.1 Å². The topological polar surface area (TPSA) is 80.1 Å². The lowest BCUT2D eigenvalue weighted by Crippen LogP contribution is -2.46. The van der Waals surface area contributed by atoms with Crippen molar-refractivity contribution in [2.24, 2.45) is 18.4 Å². The highest BCUT2D eigenvalue weighted by Gasteiger charge is 2.46. The van der Waals surface area contributed by atoms with Crippen molar-refractivity contribution in [3.8, 4) is 11.1 Å². The molecule has 1 fully saturated rings. The van der Waals surface area contributed by atoms with E-state index in [4.69, 9.17) is 0 Å². The summed E-state index contributed by atoms with van der Waals surface area (Å²) in [4.78, 5) is 32.7. The summed E-state index contributed by atoms with van der Waals surface area (Å²) in [5.41, 5.74) is 2.88. The number of aromatic nitrogens is 3. The van der Waals surface area contributed by atoms with E-state index in [1.165, 1.54) is 0 Å². The molecule has 3 aromatic rings. The first kappa shape index (κ1) is 22.7. The van der Waals surface area contributed by atoms with Gasteiger partial charge in [-0.3, -0.25) is 19.3 Å². The number of rotatable bonds is 7. The molecule has 1 atom stereocenters. The molecule has 3 heterocycles. The number of pyridine rings is 1. The number of hydrogen-bond acceptors (Lipinski definition) is 4. The zero-order valence-corrected chi connectivity index (χ0v) is 19.5. The van der Waals surface area contributed by atoms with E-state index < -0.39 is 5.41 Å². The van der Waals surface area contributed by atoms with Crippen LogP contribution in [0, 0.1) is 11.3 Å².